The fraction of sp³-hybridized carbons (Fsp3) is 0.600. The monoisotopic (exact) mass is 267 g/mol. The molecule has 0 aliphatic carbocycles. The molecule has 2 nitrogen and oxygen atoms in total. The first kappa shape index (κ1) is 13.9. The molecule has 2 rings (SSSR count). The summed E-state index contributed by atoms with van der Waals surface area (Å²) in [7, 11) is 1.97. The maximum Gasteiger partial charge on any atom is 0.0774 e. The fourth-order valence-electron chi connectivity index (χ4n) is 2.66. The Morgan fingerprint density at radius 1 is 1.28 bits per heavy atom. The number of ether oxygens (including phenoxy) is 1. The van der Waals surface area contributed by atoms with Crippen LogP contribution >= 0.6 is 11.6 Å². The van der Waals surface area contributed by atoms with Crippen LogP contribution < -0.4 is 5.32 Å². The quantitative estimate of drug-likeness (QED) is 0.900. The van der Waals surface area contributed by atoms with E-state index in [1.54, 1.807) is 0 Å². The smallest absolute Gasteiger partial charge is 0.0774 e. The van der Waals surface area contributed by atoms with E-state index in [9.17, 15) is 0 Å². The number of hydrogen-bond acceptors (Lipinski definition) is 2. The van der Waals surface area contributed by atoms with Crippen molar-refractivity contribution >= 4 is 11.6 Å². The van der Waals surface area contributed by atoms with Gasteiger partial charge in [0.2, 0.25) is 0 Å². The second-order valence-corrected chi connectivity index (χ2v) is 5.69. The molecule has 1 saturated heterocycles. The summed E-state index contributed by atoms with van der Waals surface area (Å²) < 4.78 is 5.97. The average Bonchev–Trinajstić information content (AvgIpc) is 2.73. The van der Waals surface area contributed by atoms with Crippen molar-refractivity contribution < 1.29 is 4.74 Å². The Morgan fingerprint density at radius 3 is 2.50 bits per heavy atom. The van der Waals surface area contributed by atoms with Gasteiger partial charge in [0.15, 0.2) is 0 Å². The van der Waals surface area contributed by atoms with Crippen LogP contribution in [0.4, 0.5) is 0 Å². The minimum Gasteiger partial charge on any atom is -0.373 e. The van der Waals surface area contributed by atoms with Gasteiger partial charge in [0.05, 0.1) is 18.2 Å². The zero-order valence-electron chi connectivity index (χ0n) is 11.6. The van der Waals surface area contributed by atoms with E-state index in [0.29, 0.717) is 6.10 Å². The van der Waals surface area contributed by atoms with Crippen LogP contribution in [-0.4, -0.2) is 19.3 Å². The summed E-state index contributed by atoms with van der Waals surface area (Å²) in [6.45, 7) is 6.35. The standard InChI is InChI=1S/C15H22ClNO/c1-9-7-12(13(16)8-10(9)2)15(17-4)14-6-5-11(3)18-14/h7-8,11,14-15,17H,5-6H2,1-4H3. The third kappa shape index (κ3) is 2.71. The number of nitrogens with one attached hydrogen (secondary N) is 1. The molecular weight excluding hydrogens is 246 g/mol. The van der Waals surface area contributed by atoms with Crippen molar-refractivity contribution in [2.45, 2.75) is 51.9 Å². The highest BCUT2D eigenvalue weighted by Gasteiger charge is 2.31. The molecular formula is C15H22ClNO. The zero-order valence-corrected chi connectivity index (χ0v) is 12.3. The summed E-state index contributed by atoms with van der Waals surface area (Å²) in [5.41, 5.74) is 3.67. The van der Waals surface area contributed by atoms with Crippen LogP contribution in [0.15, 0.2) is 12.1 Å². The second kappa shape index (κ2) is 5.60. The zero-order chi connectivity index (χ0) is 13.3. The van der Waals surface area contributed by atoms with Crippen LogP contribution in [0, 0.1) is 13.8 Å². The van der Waals surface area contributed by atoms with E-state index in [2.05, 4.69) is 38.2 Å². The highest BCUT2D eigenvalue weighted by Crippen LogP contribution is 2.34. The SMILES string of the molecule is CNC(c1cc(C)c(C)cc1Cl)C1CCC(C)O1. The van der Waals surface area contributed by atoms with Gasteiger partial charge >= 0.3 is 0 Å². The molecule has 3 atom stereocenters. The molecule has 0 amide bonds. The van der Waals surface area contributed by atoms with E-state index in [4.69, 9.17) is 16.3 Å². The first-order valence-electron chi connectivity index (χ1n) is 6.62. The average molecular weight is 268 g/mol. The molecule has 3 heteroatoms. The van der Waals surface area contributed by atoms with Gasteiger partial charge in [-0.15, -0.1) is 0 Å². The minimum absolute atomic E-state index is 0.182. The Morgan fingerprint density at radius 2 is 1.94 bits per heavy atom. The van der Waals surface area contributed by atoms with Gasteiger partial charge in [-0.3, -0.25) is 0 Å². The minimum atomic E-state index is 0.182. The predicted molar refractivity (Wildman–Crippen MR) is 76.3 cm³/mol. The van der Waals surface area contributed by atoms with Crippen LogP contribution in [0.3, 0.4) is 0 Å². The van der Waals surface area contributed by atoms with Crippen LogP contribution in [0.25, 0.3) is 0 Å². The van der Waals surface area contributed by atoms with E-state index < -0.39 is 0 Å². The molecule has 0 radical (unpaired) electrons. The van der Waals surface area contributed by atoms with E-state index >= 15 is 0 Å². The third-order valence-corrected chi connectivity index (χ3v) is 4.22. The molecule has 1 aromatic rings. The third-order valence-electron chi connectivity index (χ3n) is 3.90. The Bertz CT molecular complexity index is 433. The molecule has 1 aromatic carbocycles. The van der Waals surface area contributed by atoms with E-state index in [1.807, 2.05) is 7.05 Å². The molecule has 1 heterocycles. The number of halogens is 1. The van der Waals surface area contributed by atoms with Crippen LogP contribution in [0.2, 0.25) is 5.02 Å². The maximum atomic E-state index is 6.39. The lowest BCUT2D eigenvalue weighted by Gasteiger charge is -2.25. The lowest BCUT2D eigenvalue weighted by atomic mass is 9.96. The largest absolute Gasteiger partial charge is 0.373 e. The van der Waals surface area contributed by atoms with Gasteiger partial charge in [-0.25, -0.2) is 0 Å². The van der Waals surface area contributed by atoms with E-state index in [1.165, 1.54) is 11.1 Å². The first-order chi connectivity index (χ1) is 8.52. The summed E-state index contributed by atoms with van der Waals surface area (Å²) >= 11 is 6.39. The van der Waals surface area contributed by atoms with Crippen molar-refractivity contribution in [3.63, 3.8) is 0 Å². The lowest BCUT2D eigenvalue weighted by Crippen LogP contribution is -2.30. The Hall–Kier alpha value is -0.570. The number of rotatable bonds is 3. The van der Waals surface area contributed by atoms with Crippen molar-refractivity contribution in [1.29, 1.82) is 0 Å². The van der Waals surface area contributed by atoms with Crippen LogP contribution in [0.1, 0.15) is 42.5 Å². The highest BCUT2D eigenvalue weighted by atomic mass is 35.5. The molecule has 0 saturated carbocycles. The Kier molecular flexibility index (Phi) is 4.31. The summed E-state index contributed by atoms with van der Waals surface area (Å²) in [5.74, 6) is 0. The molecule has 18 heavy (non-hydrogen) atoms. The Balaban J connectivity index is 2.30. The molecule has 0 spiro atoms. The second-order valence-electron chi connectivity index (χ2n) is 5.29. The molecule has 3 unspecified atom stereocenters. The summed E-state index contributed by atoms with van der Waals surface area (Å²) in [6, 6.07) is 4.42. The first-order valence-corrected chi connectivity index (χ1v) is 7.00. The number of likely N-dealkylation sites (N-methyl/N-ethyl adjacent to an activating group) is 1. The van der Waals surface area contributed by atoms with Crippen molar-refractivity contribution in [3.05, 3.63) is 33.8 Å². The topological polar surface area (TPSA) is 21.3 Å². The molecule has 0 bridgehead atoms. The van der Waals surface area contributed by atoms with Gasteiger partial charge in [-0.2, -0.15) is 0 Å². The summed E-state index contributed by atoms with van der Waals surface area (Å²) in [5, 5.41) is 4.19. The Labute approximate surface area is 115 Å². The summed E-state index contributed by atoms with van der Waals surface area (Å²) in [6.07, 6.45) is 2.81. The van der Waals surface area contributed by atoms with Crippen molar-refractivity contribution in [3.8, 4) is 0 Å². The van der Waals surface area contributed by atoms with Gasteiger partial charge in [-0.05, 0) is 63.4 Å². The molecule has 1 aliphatic heterocycles. The van der Waals surface area contributed by atoms with Crippen LogP contribution in [0.5, 0.6) is 0 Å². The van der Waals surface area contributed by atoms with Gasteiger partial charge in [0.1, 0.15) is 0 Å². The van der Waals surface area contributed by atoms with E-state index in [0.717, 1.165) is 23.4 Å². The fourth-order valence-corrected chi connectivity index (χ4v) is 3.00. The van der Waals surface area contributed by atoms with Gasteiger partial charge in [0, 0.05) is 5.02 Å². The van der Waals surface area contributed by atoms with Crippen molar-refractivity contribution in [2.75, 3.05) is 7.05 Å². The molecule has 1 N–H and O–H groups in total. The van der Waals surface area contributed by atoms with Crippen LogP contribution in [-0.2, 0) is 4.74 Å². The molecule has 100 valence electrons. The highest BCUT2D eigenvalue weighted by molar-refractivity contribution is 6.31. The lowest BCUT2D eigenvalue weighted by molar-refractivity contribution is 0.0333. The van der Waals surface area contributed by atoms with Gasteiger partial charge < -0.3 is 10.1 Å². The normalized spacial score (nSPS) is 25.4. The van der Waals surface area contributed by atoms with Gasteiger partial charge in [0.25, 0.3) is 0 Å². The molecule has 1 aliphatic rings. The van der Waals surface area contributed by atoms with Crippen molar-refractivity contribution in [2.24, 2.45) is 0 Å². The maximum absolute atomic E-state index is 6.39. The predicted octanol–water partition coefficient (Wildman–Crippen LogP) is 3.78. The van der Waals surface area contributed by atoms with E-state index in [-0.39, 0.29) is 12.1 Å². The number of aryl methyl sites for hydroxylation is 2. The number of hydrogen-bond donors (Lipinski definition) is 1. The van der Waals surface area contributed by atoms with Crippen molar-refractivity contribution in [1.82, 2.24) is 5.32 Å². The van der Waals surface area contributed by atoms with Gasteiger partial charge in [-0.1, -0.05) is 17.7 Å². The molecule has 0 aromatic heterocycles. The number of benzene rings is 1. The summed E-state index contributed by atoms with van der Waals surface area (Å²) in [4.78, 5) is 0. The molecule has 1 fully saturated rings.